The van der Waals surface area contributed by atoms with Crippen LogP contribution in [0.15, 0.2) is 0 Å². The van der Waals surface area contributed by atoms with Crippen LogP contribution in [0.4, 0.5) is 0 Å². The normalized spacial score (nSPS) is 33.4. The van der Waals surface area contributed by atoms with Crippen LogP contribution in [0, 0.1) is 11.8 Å². The second-order valence-corrected chi connectivity index (χ2v) is 11.4. The molecule has 0 spiro atoms. The number of rotatable bonds is 6. The average molecular weight is 511 g/mol. The number of esters is 2. The van der Waals surface area contributed by atoms with E-state index in [1.165, 1.54) is 27.1 Å². The molecule has 0 aromatic heterocycles. The average Bonchev–Trinajstić information content (AvgIpc) is 2.81. The van der Waals surface area contributed by atoms with E-state index in [0.717, 1.165) is 64.2 Å². The number of carbonyl (C=O) groups excluding carboxylic acids is 2. The van der Waals surface area contributed by atoms with Crippen molar-refractivity contribution in [1.82, 2.24) is 0 Å². The van der Waals surface area contributed by atoms with E-state index in [9.17, 15) is 9.59 Å². The first-order chi connectivity index (χ1) is 15.0. The summed E-state index contributed by atoms with van der Waals surface area (Å²) in [6, 6.07) is 1.42. The molecular formula is C22H36Cl2N2O4Ti-2. The van der Waals surface area contributed by atoms with Gasteiger partial charge in [0.2, 0.25) is 0 Å². The molecule has 3 aliphatic carbocycles. The third-order valence-electron chi connectivity index (χ3n) is 6.96. The van der Waals surface area contributed by atoms with Crippen LogP contribution in [-0.2, 0) is 36.1 Å². The van der Waals surface area contributed by atoms with Crippen LogP contribution in [0.1, 0.15) is 77.0 Å². The molecule has 9 heteroatoms. The van der Waals surface area contributed by atoms with E-state index in [2.05, 4.69) is 0 Å². The fourth-order valence-electron chi connectivity index (χ4n) is 5.24. The first kappa shape index (κ1) is 27.4. The van der Waals surface area contributed by atoms with E-state index >= 15 is 0 Å². The van der Waals surface area contributed by atoms with E-state index in [1.807, 2.05) is 0 Å². The van der Waals surface area contributed by atoms with Gasteiger partial charge in [0.15, 0.2) is 0 Å². The molecule has 2 unspecified atom stereocenters. The summed E-state index contributed by atoms with van der Waals surface area (Å²) < 4.78 is 9.78. The Morgan fingerprint density at radius 2 is 1.00 bits per heavy atom. The van der Waals surface area contributed by atoms with Crippen LogP contribution in [0.5, 0.6) is 0 Å². The fraction of sp³-hybridized carbons (Fsp3) is 0.909. The minimum atomic E-state index is -0.556. The van der Waals surface area contributed by atoms with Crippen molar-refractivity contribution in [3.8, 4) is 0 Å². The molecule has 3 aliphatic rings. The molecule has 0 heterocycles. The maximum absolute atomic E-state index is 11.7. The van der Waals surface area contributed by atoms with Crippen LogP contribution in [0.2, 0.25) is 0 Å². The van der Waals surface area contributed by atoms with Gasteiger partial charge in [-0.15, -0.1) is 12.1 Å². The molecule has 178 valence electrons. The van der Waals surface area contributed by atoms with Gasteiger partial charge in [-0.3, -0.25) is 9.59 Å². The molecule has 31 heavy (non-hydrogen) atoms. The second-order valence-electron chi connectivity index (χ2n) is 8.85. The molecule has 3 rings (SSSR count). The van der Waals surface area contributed by atoms with Crippen molar-refractivity contribution >= 4 is 30.5 Å². The Hall–Kier alpha value is 0.154. The quantitative estimate of drug-likeness (QED) is 0.329. The zero-order valence-electron chi connectivity index (χ0n) is 18.7. The van der Waals surface area contributed by atoms with Crippen LogP contribution < -0.4 is 0 Å². The Balaban J connectivity index is 0.00000107. The van der Waals surface area contributed by atoms with E-state index in [0.29, 0.717) is 24.2 Å². The summed E-state index contributed by atoms with van der Waals surface area (Å²) in [4.78, 5) is 23.4. The van der Waals surface area contributed by atoms with E-state index < -0.39 is 17.0 Å². The summed E-state index contributed by atoms with van der Waals surface area (Å²) >= 11 is -0.556. The van der Waals surface area contributed by atoms with Gasteiger partial charge in [0.1, 0.15) is 0 Å². The van der Waals surface area contributed by atoms with E-state index in [1.54, 1.807) is 0 Å². The standard InChI is InChI=1S/C22H36N2O4.2ClH.Ti/c1-27-21(25)15-7-11-17(12-8-15)23-19-5-3-4-6-20(19)24-18-13-9-16(10-14-18)22(26)28-2;;;/h15-20H,3-14H2,1-2H3;2*1H;/q-2;;;+2/p-2. The van der Waals surface area contributed by atoms with Crippen LogP contribution >= 0.6 is 18.6 Å². The molecular weight excluding hydrogens is 475 g/mol. The number of halogens is 2. The van der Waals surface area contributed by atoms with Gasteiger partial charge in [-0.1, -0.05) is 51.4 Å². The first-order valence-corrected chi connectivity index (χ1v) is 15.8. The predicted octanol–water partition coefficient (Wildman–Crippen LogP) is 5.89. The van der Waals surface area contributed by atoms with Crippen molar-refractivity contribution in [3.05, 3.63) is 10.6 Å². The van der Waals surface area contributed by atoms with Gasteiger partial charge >= 0.3 is 47.6 Å². The molecule has 0 aromatic rings. The van der Waals surface area contributed by atoms with E-state index in [4.69, 9.17) is 38.7 Å². The van der Waals surface area contributed by atoms with Gasteiger partial charge in [0.25, 0.3) is 0 Å². The third kappa shape index (κ3) is 9.13. The van der Waals surface area contributed by atoms with Crippen molar-refractivity contribution in [2.24, 2.45) is 11.8 Å². The molecule has 3 saturated carbocycles. The maximum atomic E-state index is 11.7. The first-order valence-electron chi connectivity index (χ1n) is 11.5. The Morgan fingerprint density at radius 1 is 0.677 bits per heavy atom. The fourth-order valence-corrected chi connectivity index (χ4v) is 5.24. The molecule has 0 amide bonds. The summed E-state index contributed by atoms with van der Waals surface area (Å²) in [5.41, 5.74) is 0. The van der Waals surface area contributed by atoms with Gasteiger partial charge in [0.05, 0.1) is 26.1 Å². The number of methoxy groups -OCH3 is 2. The van der Waals surface area contributed by atoms with Crippen molar-refractivity contribution in [2.75, 3.05) is 14.2 Å². The third-order valence-corrected chi connectivity index (χ3v) is 6.96. The molecule has 3 fully saturated rings. The number of ether oxygens (including phenoxy) is 2. The SMILES string of the molecule is COC(=O)C1CCC([N-]C2CCCCC2[N-]C2CCC(C(=O)OC)CC2)CC1.[Cl][Ti][Cl]. The van der Waals surface area contributed by atoms with Crippen molar-refractivity contribution < 1.29 is 36.1 Å². The van der Waals surface area contributed by atoms with Crippen molar-refractivity contribution in [1.29, 1.82) is 0 Å². The van der Waals surface area contributed by atoms with Crippen molar-refractivity contribution in [2.45, 2.75) is 101 Å². The van der Waals surface area contributed by atoms with Gasteiger partial charge in [-0.2, -0.15) is 12.1 Å². The number of hydrogen-bond acceptors (Lipinski definition) is 4. The summed E-state index contributed by atoms with van der Waals surface area (Å²) in [6.07, 6.45) is 12.3. The van der Waals surface area contributed by atoms with Crippen LogP contribution in [0.3, 0.4) is 0 Å². The van der Waals surface area contributed by atoms with Crippen LogP contribution in [-0.4, -0.2) is 50.3 Å². The Bertz CT molecular complexity index is 496. The molecule has 6 nitrogen and oxygen atoms in total. The van der Waals surface area contributed by atoms with Gasteiger partial charge in [-0.25, -0.2) is 0 Å². The number of carbonyl (C=O) groups is 2. The van der Waals surface area contributed by atoms with Crippen LogP contribution in [0.25, 0.3) is 10.6 Å². The number of hydrogen-bond donors (Lipinski definition) is 0. The minimum absolute atomic E-state index is 0.0632. The molecule has 2 atom stereocenters. The molecule has 0 aliphatic heterocycles. The molecule has 0 aromatic carbocycles. The van der Waals surface area contributed by atoms with E-state index in [-0.39, 0.29) is 23.8 Å². The van der Waals surface area contributed by atoms with Gasteiger partial charge < -0.3 is 20.1 Å². The van der Waals surface area contributed by atoms with Gasteiger partial charge in [0, 0.05) is 0 Å². The molecule has 0 bridgehead atoms. The Labute approximate surface area is 203 Å². The second kappa shape index (κ2) is 15.1. The monoisotopic (exact) mass is 510 g/mol. The molecule has 0 radical (unpaired) electrons. The Kier molecular flexibility index (Phi) is 13.4. The van der Waals surface area contributed by atoms with Gasteiger partial charge in [-0.05, 0) is 25.7 Å². The van der Waals surface area contributed by atoms with Crippen molar-refractivity contribution in [3.63, 3.8) is 0 Å². The Morgan fingerprint density at radius 3 is 1.29 bits per heavy atom. The number of nitrogens with zero attached hydrogens (tertiary/aromatic N) is 2. The molecule has 0 N–H and O–H groups in total. The zero-order valence-corrected chi connectivity index (χ0v) is 21.8. The predicted molar refractivity (Wildman–Crippen MR) is 120 cm³/mol. The zero-order chi connectivity index (χ0) is 22.6. The molecule has 0 saturated heterocycles. The summed E-state index contributed by atoms with van der Waals surface area (Å²) in [7, 11) is 12.7. The summed E-state index contributed by atoms with van der Waals surface area (Å²) in [5.74, 6) is -0.000304. The summed E-state index contributed by atoms with van der Waals surface area (Å²) in [5, 5.41) is 10.4. The topological polar surface area (TPSA) is 80.8 Å². The summed E-state index contributed by atoms with van der Waals surface area (Å²) in [6.45, 7) is 0.